The van der Waals surface area contributed by atoms with E-state index in [-0.39, 0.29) is 17.7 Å². The monoisotopic (exact) mass is 436 g/mol. The molecule has 2 aromatic rings. The van der Waals surface area contributed by atoms with Crippen LogP contribution in [0.1, 0.15) is 30.8 Å². The molecule has 9 heteroatoms. The Hall–Kier alpha value is -1.81. The van der Waals surface area contributed by atoms with E-state index in [1.54, 1.807) is 16.7 Å². The molecule has 0 aliphatic carbocycles. The van der Waals surface area contributed by atoms with Gasteiger partial charge >= 0.3 is 0 Å². The molecule has 0 radical (unpaired) electrons. The number of carbonyl (C=O) groups excluding carboxylic acids is 2. The van der Waals surface area contributed by atoms with E-state index in [1.165, 1.54) is 11.3 Å². The number of morpholine rings is 1. The van der Waals surface area contributed by atoms with Crippen molar-refractivity contribution in [1.82, 2.24) is 20.5 Å². The number of thiophene rings is 1. The maximum Gasteiger partial charge on any atom is 0.271 e. The first-order valence-electron chi connectivity index (χ1n) is 9.95. The molecule has 158 valence electrons. The van der Waals surface area contributed by atoms with Crippen molar-refractivity contribution in [1.29, 1.82) is 0 Å². The first kappa shape index (κ1) is 21.9. The number of thiazole rings is 1. The molecule has 3 rings (SSSR count). The van der Waals surface area contributed by atoms with Gasteiger partial charge in [0.15, 0.2) is 0 Å². The summed E-state index contributed by atoms with van der Waals surface area (Å²) in [5, 5.41) is 12.4. The summed E-state index contributed by atoms with van der Waals surface area (Å²) in [6.07, 6.45) is 0.791. The lowest BCUT2D eigenvalue weighted by Crippen LogP contribution is -2.51. The molecule has 1 aliphatic heterocycles. The number of nitrogens with one attached hydrogen (secondary N) is 2. The predicted molar refractivity (Wildman–Crippen MR) is 116 cm³/mol. The molecule has 2 aromatic heterocycles. The van der Waals surface area contributed by atoms with Crippen LogP contribution in [0.15, 0.2) is 22.2 Å². The number of carbonyl (C=O) groups is 2. The molecule has 2 N–H and O–H groups in total. The van der Waals surface area contributed by atoms with Gasteiger partial charge in [0, 0.05) is 42.5 Å². The van der Waals surface area contributed by atoms with Crippen LogP contribution in [0.3, 0.4) is 0 Å². The lowest BCUT2D eigenvalue weighted by Gasteiger charge is -2.27. The van der Waals surface area contributed by atoms with E-state index in [1.807, 2.05) is 30.7 Å². The van der Waals surface area contributed by atoms with E-state index in [2.05, 4.69) is 20.5 Å². The number of hydrogen-bond acceptors (Lipinski definition) is 7. The number of amides is 2. The zero-order valence-corrected chi connectivity index (χ0v) is 18.5. The summed E-state index contributed by atoms with van der Waals surface area (Å²) in [4.78, 5) is 32.2. The van der Waals surface area contributed by atoms with Crippen LogP contribution >= 0.6 is 22.7 Å². The van der Waals surface area contributed by atoms with Crippen molar-refractivity contribution < 1.29 is 14.3 Å². The molecule has 0 bridgehead atoms. The Morgan fingerprint density at radius 1 is 1.31 bits per heavy atom. The highest BCUT2D eigenvalue weighted by Crippen LogP contribution is 2.25. The Kier molecular flexibility index (Phi) is 8.17. The van der Waals surface area contributed by atoms with Crippen molar-refractivity contribution in [3.8, 4) is 10.6 Å². The predicted octanol–water partition coefficient (Wildman–Crippen LogP) is 2.46. The first-order chi connectivity index (χ1) is 14.1. The molecule has 0 spiro atoms. The van der Waals surface area contributed by atoms with Crippen molar-refractivity contribution in [2.45, 2.75) is 26.3 Å². The largest absolute Gasteiger partial charge is 0.379 e. The summed E-state index contributed by atoms with van der Waals surface area (Å²) in [5.74, 6) is -0.428. The van der Waals surface area contributed by atoms with E-state index >= 15 is 0 Å². The van der Waals surface area contributed by atoms with Crippen LogP contribution in [0.4, 0.5) is 0 Å². The Bertz CT molecular complexity index is 788. The fourth-order valence-electron chi connectivity index (χ4n) is 3.09. The van der Waals surface area contributed by atoms with Gasteiger partial charge in [-0.1, -0.05) is 20.3 Å². The Morgan fingerprint density at radius 2 is 2.10 bits per heavy atom. The zero-order valence-electron chi connectivity index (χ0n) is 16.8. The number of rotatable bonds is 9. The number of nitrogens with zero attached hydrogens (tertiary/aromatic N) is 2. The molecule has 2 atom stereocenters. The summed E-state index contributed by atoms with van der Waals surface area (Å²) < 4.78 is 5.34. The van der Waals surface area contributed by atoms with Gasteiger partial charge in [-0.15, -0.1) is 11.3 Å². The normalized spacial score (nSPS) is 16.9. The maximum atomic E-state index is 12.8. The molecule has 3 heterocycles. The summed E-state index contributed by atoms with van der Waals surface area (Å²) >= 11 is 3.03. The van der Waals surface area contributed by atoms with Gasteiger partial charge in [-0.2, -0.15) is 11.3 Å². The zero-order chi connectivity index (χ0) is 20.6. The molecule has 1 aliphatic rings. The summed E-state index contributed by atoms with van der Waals surface area (Å²) in [7, 11) is 0. The van der Waals surface area contributed by atoms with Crippen LogP contribution in [0.2, 0.25) is 0 Å². The van der Waals surface area contributed by atoms with E-state index in [4.69, 9.17) is 4.74 Å². The van der Waals surface area contributed by atoms with Gasteiger partial charge in [0.25, 0.3) is 5.91 Å². The van der Waals surface area contributed by atoms with E-state index in [9.17, 15) is 9.59 Å². The van der Waals surface area contributed by atoms with E-state index in [0.717, 1.165) is 49.8 Å². The van der Waals surface area contributed by atoms with Crippen molar-refractivity contribution in [2.24, 2.45) is 5.92 Å². The molecule has 0 saturated carbocycles. The maximum absolute atomic E-state index is 12.8. The molecule has 7 nitrogen and oxygen atoms in total. The average molecular weight is 437 g/mol. The van der Waals surface area contributed by atoms with Crippen LogP contribution in [0.5, 0.6) is 0 Å². The molecule has 0 unspecified atom stereocenters. The molecular weight excluding hydrogens is 408 g/mol. The third-order valence-corrected chi connectivity index (χ3v) is 6.69. The minimum Gasteiger partial charge on any atom is -0.379 e. The average Bonchev–Trinajstić information content (AvgIpc) is 3.43. The minimum absolute atomic E-state index is 0.0253. The first-order valence-corrected chi connectivity index (χ1v) is 11.8. The fraction of sp³-hybridized carbons (Fsp3) is 0.550. The number of hydrogen-bond donors (Lipinski definition) is 2. The summed E-state index contributed by atoms with van der Waals surface area (Å²) in [6.45, 7) is 8.58. The van der Waals surface area contributed by atoms with Gasteiger partial charge in [0.05, 0.1) is 13.2 Å². The summed E-state index contributed by atoms with van der Waals surface area (Å²) in [5.41, 5.74) is 1.36. The smallest absolute Gasteiger partial charge is 0.271 e. The van der Waals surface area contributed by atoms with Crippen molar-refractivity contribution in [3.05, 3.63) is 27.9 Å². The Balaban J connectivity index is 1.56. The lowest BCUT2D eigenvalue weighted by atomic mass is 9.98. The Morgan fingerprint density at radius 3 is 2.79 bits per heavy atom. The van der Waals surface area contributed by atoms with Gasteiger partial charge in [-0.3, -0.25) is 14.5 Å². The van der Waals surface area contributed by atoms with Gasteiger partial charge in [0.1, 0.15) is 16.7 Å². The molecule has 2 amide bonds. The highest BCUT2D eigenvalue weighted by atomic mass is 32.1. The second kappa shape index (κ2) is 10.8. The highest BCUT2D eigenvalue weighted by Gasteiger charge is 2.27. The van der Waals surface area contributed by atoms with E-state index < -0.39 is 6.04 Å². The van der Waals surface area contributed by atoms with Crippen LogP contribution in [0.25, 0.3) is 10.6 Å². The SMILES string of the molecule is CC[C@H](C)[C@H](NC(=O)c1csc(-c2ccsc2)n1)C(=O)NCCN1CCOCC1. The van der Waals surface area contributed by atoms with Gasteiger partial charge in [-0.05, 0) is 17.4 Å². The van der Waals surface area contributed by atoms with E-state index in [0.29, 0.717) is 12.2 Å². The minimum atomic E-state index is -0.580. The lowest BCUT2D eigenvalue weighted by molar-refractivity contribution is -0.124. The van der Waals surface area contributed by atoms with Crippen LogP contribution in [-0.2, 0) is 9.53 Å². The molecule has 1 saturated heterocycles. The van der Waals surface area contributed by atoms with Crippen LogP contribution < -0.4 is 10.6 Å². The molecular formula is C20H28N4O3S2. The standard InChI is InChI=1S/C20H28N4O3S2/c1-3-14(2)17(19(26)21-5-6-24-7-9-27-10-8-24)23-18(25)16-13-29-20(22-16)15-4-11-28-12-15/h4,11-14,17H,3,5-10H2,1-2H3,(H,21,26)(H,23,25)/t14-,17-/m0/s1. The topological polar surface area (TPSA) is 83.6 Å². The number of ether oxygens (including phenoxy) is 1. The fourth-order valence-corrected chi connectivity index (χ4v) is 4.60. The van der Waals surface area contributed by atoms with Crippen LogP contribution in [-0.4, -0.2) is 67.1 Å². The van der Waals surface area contributed by atoms with Gasteiger partial charge in [0.2, 0.25) is 5.91 Å². The number of aromatic nitrogens is 1. The highest BCUT2D eigenvalue weighted by molar-refractivity contribution is 7.14. The van der Waals surface area contributed by atoms with Crippen molar-refractivity contribution >= 4 is 34.5 Å². The van der Waals surface area contributed by atoms with Crippen molar-refractivity contribution in [2.75, 3.05) is 39.4 Å². The quantitative estimate of drug-likeness (QED) is 0.631. The Labute approximate surface area is 179 Å². The second-order valence-corrected chi connectivity index (χ2v) is 8.77. The third kappa shape index (κ3) is 6.08. The van der Waals surface area contributed by atoms with Crippen molar-refractivity contribution in [3.63, 3.8) is 0 Å². The molecule has 0 aromatic carbocycles. The third-order valence-electron chi connectivity index (χ3n) is 5.12. The van der Waals surface area contributed by atoms with Gasteiger partial charge < -0.3 is 15.4 Å². The molecule has 29 heavy (non-hydrogen) atoms. The molecule has 1 fully saturated rings. The van der Waals surface area contributed by atoms with Gasteiger partial charge in [-0.25, -0.2) is 4.98 Å². The van der Waals surface area contributed by atoms with Crippen LogP contribution in [0, 0.1) is 5.92 Å². The second-order valence-electron chi connectivity index (χ2n) is 7.13. The summed E-state index contributed by atoms with van der Waals surface area (Å²) in [6, 6.07) is 1.40.